The number of aromatic nitrogens is 2. The van der Waals surface area contributed by atoms with Crippen molar-refractivity contribution < 1.29 is 29.4 Å². The van der Waals surface area contributed by atoms with E-state index in [4.69, 9.17) is 0 Å². The number of amides is 2. The second kappa shape index (κ2) is 13.5. The largest absolute Gasteiger partial charge is 0.481 e. The second-order valence-electron chi connectivity index (χ2n) is 12.2. The van der Waals surface area contributed by atoms with Gasteiger partial charge in [0, 0.05) is 76.8 Å². The third kappa shape index (κ3) is 6.82. The molecule has 2 aliphatic rings. The molecule has 2 aliphatic heterocycles. The Kier molecular flexibility index (Phi) is 10.2. The summed E-state index contributed by atoms with van der Waals surface area (Å²) in [4.78, 5) is 55.2. The second-order valence-corrected chi connectivity index (χ2v) is 13.0. The summed E-state index contributed by atoms with van der Waals surface area (Å²) >= 11 is 4.63. The maximum atomic E-state index is 12.5. The topological polar surface area (TPSA) is 164 Å². The molecule has 2 aromatic heterocycles. The van der Waals surface area contributed by atoms with Crippen molar-refractivity contribution in [2.24, 2.45) is 11.8 Å². The number of carboxylic acids is 2. The van der Waals surface area contributed by atoms with Gasteiger partial charge in [-0.3, -0.25) is 19.2 Å². The number of allylic oxidation sites excluding steroid dienone is 1. The van der Waals surface area contributed by atoms with Crippen LogP contribution in [0.5, 0.6) is 0 Å². The van der Waals surface area contributed by atoms with Crippen molar-refractivity contribution >= 4 is 42.5 Å². The lowest BCUT2D eigenvalue weighted by Crippen LogP contribution is -2.30. The molecule has 0 aliphatic carbocycles. The van der Waals surface area contributed by atoms with Gasteiger partial charge in [0.25, 0.3) is 0 Å². The molecule has 0 bridgehead atoms. The summed E-state index contributed by atoms with van der Waals surface area (Å²) in [6, 6.07) is -0.141. The van der Waals surface area contributed by atoms with E-state index >= 15 is 0 Å². The number of carbonyl (C=O) groups is 4. The zero-order chi connectivity index (χ0) is 32.5. The average Bonchev–Trinajstić information content (AvgIpc) is 3.59. The van der Waals surface area contributed by atoms with E-state index in [1.165, 1.54) is 0 Å². The first-order valence-corrected chi connectivity index (χ1v) is 15.8. The van der Waals surface area contributed by atoms with Gasteiger partial charge in [0.15, 0.2) is 0 Å². The third-order valence-corrected chi connectivity index (χ3v) is 9.67. The Balaban J connectivity index is 1.75. The highest BCUT2D eigenvalue weighted by atomic mass is 32.1. The SMILES string of the molecule is CCC1=C(C)C(Cc2[nH]c(Cc3[nH]c(/C=C4\NC(=O)[C@H](C)[C@H]4[C@H](C)S)c(C)c3CCC(=O)O)c(CCC(=O)O)c2C)NC1=O. The molecule has 0 saturated carbocycles. The van der Waals surface area contributed by atoms with Crippen LogP contribution >= 0.6 is 12.6 Å². The van der Waals surface area contributed by atoms with Crippen molar-refractivity contribution in [2.45, 2.75) is 97.8 Å². The van der Waals surface area contributed by atoms with Crippen LogP contribution in [0, 0.1) is 25.7 Å². The minimum absolute atomic E-state index is 0.0294. The van der Waals surface area contributed by atoms with Crippen LogP contribution in [0.2, 0.25) is 0 Å². The van der Waals surface area contributed by atoms with Crippen LogP contribution in [0.4, 0.5) is 0 Å². The smallest absolute Gasteiger partial charge is 0.303 e. The zero-order valence-corrected chi connectivity index (χ0v) is 27.2. The van der Waals surface area contributed by atoms with Gasteiger partial charge in [-0.25, -0.2) is 0 Å². The van der Waals surface area contributed by atoms with Crippen LogP contribution in [0.25, 0.3) is 6.08 Å². The van der Waals surface area contributed by atoms with Gasteiger partial charge in [-0.2, -0.15) is 12.6 Å². The van der Waals surface area contributed by atoms with Gasteiger partial charge in [-0.05, 0) is 73.9 Å². The van der Waals surface area contributed by atoms with Gasteiger partial charge in [-0.15, -0.1) is 0 Å². The number of aliphatic carboxylic acids is 2. The van der Waals surface area contributed by atoms with Crippen LogP contribution < -0.4 is 10.6 Å². The van der Waals surface area contributed by atoms with Gasteiger partial charge in [-0.1, -0.05) is 20.8 Å². The summed E-state index contributed by atoms with van der Waals surface area (Å²) < 4.78 is 0. The summed E-state index contributed by atoms with van der Waals surface area (Å²) in [5, 5.41) is 25.0. The molecule has 0 aromatic carbocycles. The molecule has 2 amide bonds. The molecule has 4 heterocycles. The van der Waals surface area contributed by atoms with Crippen molar-refractivity contribution in [1.29, 1.82) is 0 Å². The number of nitrogens with one attached hydrogen (secondary N) is 4. The molecule has 44 heavy (non-hydrogen) atoms. The summed E-state index contributed by atoms with van der Waals surface area (Å²) in [5.74, 6) is -2.18. The Morgan fingerprint density at radius 2 is 1.55 bits per heavy atom. The molecule has 6 N–H and O–H groups in total. The van der Waals surface area contributed by atoms with Crippen LogP contribution in [-0.2, 0) is 44.9 Å². The summed E-state index contributed by atoms with van der Waals surface area (Å²) in [6.07, 6.45) is 4.15. The lowest BCUT2D eigenvalue weighted by Gasteiger charge is -2.17. The first-order valence-electron chi connectivity index (χ1n) is 15.3. The Hall–Kier alpha value is -3.73. The van der Waals surface area contributed by atoms with Crippen molar-refractivity contribution in [1.82, 2.24) is 20.6 Å². The van der Waals surface area contributed by atoms with Gasteiger partial charge in [0.2, 0.25) is 11.8 Å². The van der Waals surface area contributed by atoms with E-state index in [0.717, 1.165) is 61.9 Å². The van der Waals surface area contributed by atoms with Gasteiger partial charge < -0.3 is 30.8 Å². The highest BCUT2D eigenvalue weighted by Crippen LogP contribution is 2.35. The van der Waals surface area contributed by atoms with E-state index in [1.54, 1.807) is 0 Å². The number of carbonyl (C=O) groups excluding carboxylic acids is 2. The quantitative estimate of drug-likeness (QED) is 0.163. The van der Waals surface area contributed by atoms with Crippen molar-refractivity contribution in [3.05, 3.63) is 61.9 Å². The molecule has 11 heteroatoms. The standard InChI is InChI=1S/C33H44N4O6S/c1-7-20-15(2)25(36-33(20)43)12-23-16(3)21(8-10-29(38)39)26(34-23)14-27-22(9-11-30(40)41)17(4)24(35-27)13-28-31(19(6)44)18(5)32(42)37-28/h13,18-19,25,31,34-35,44H,7-12,14H2,1-6H3,(H,36,43)(H,37,42)(H,38,39)(H,40,41)/b28-13-/t18-,19+,25?,31+/m1/s1. The Bertz CT molecular complexity index is 1550. The first kappa shape index (κ1) is 33.2. The van der Waals surface area contributed by atoms with Crippen LogP contribution in [-0.4, -0.2) is 55.2 Å². The van der Waals surface area contributed by atoms with E-state index in [9.17, 15) is 29.4 Å². The molecule has 0 spiro atoms. The van der Waals surface area contributed by atoms with Crippen LogP contribution in [0.1, 0.15) is 92.0 Å². The molecule has 0 radical (unpaired) electrons. The number of rotatable bonds is 13. The molecular formula is C33H44N4O6S. The zero-order valence-electron chi connectivity index (χ0n) is 26.3. The molecule has 1 saturated heterocycles. The number of aromatic amines is 2. The van der Waals surface area contributed by atoms with Crippen molar-refractivity contribution in [2.75, 3.05) is 0 Å². The van der Waals surface area contributed by atoms with Crippen LogP contribution in [0.15, 0.2) is 16.8 Å². The Morgan fingerprint density at radius 1 is 0.955 bits per heavy atom. The number of hydrogen-bond acceptors (Lipinski definition) is 5. The first-order chi connectivity index (χ1) is 20.7. The van der Waals surface area contributed by atoms with Gasteiger partial charge in [0.05, 0.1) is 6.04 Å². The minimum Gasteiger partial charge on any atom is -0.481 e. The fourth-order valence-electron chi connectivity index (χ4n) is 6.78. The maximum absolute atomic E-state index is 12.5. The molecule has 1 unspecified atom stereocenters. The van der Waals surface area contributed by atoms with E-state index in [1.807, 2.05) is 47.6 Å². The predicted octanol–water partition coefficient (Wildman–Crippen LogP) is 4.39. The fourth-order valence-corrected chi connectivity index (χ4v) is 7.19. The molecule has 4 atom stereocenters. The molecule has 10 nitrogen and oxygen atoms in total. The Morgan fingerprint density at radius 3 is 2.09 bits per heavy atom. The van der Waals surface area contributed by atoms with E-state index in [-0.39, 0.29) is 47.8 Å². The minimum atomic E-state index is -0.897. The number of thiol groups is 1. The number of H-pyrrole nitrogens is 2. The third-order valence-electron chi connectivity index (χ3n) is 9.35. The van der Waals surface area contributed by atoms with Crippen LogP contribution in [0.3, 0.4) is 0 Å². The van der Waals surface area contributed by atoms with Crippen molar-refractivity contribution in [3.63, 3.8) is 0 Å². The predicted molar refractivity (Wildman–Crippen MR) is 172 cm³/mol. The number of carboxylic acid groups (broad SMARTS) is 2. The Labute approximate surface area is 263 Å². The van der Waals surface area contributed by atoms with E-state index in [2.05, 4.69) is 33.2 Å². The monoisotopic (exact) mass is 624 g/mol. The van der Waals surface area contributed by atoms with Crippen molar-refractivity contribution in [3.8, 4) is 0 Å². The molecule has 1 fully saturated rings. The lowest BCUT2D eigenvalue weighted by molar-refractivity contribution is -0.138. The normalized spacial score (nSPS) is 21.7. The van der Waals surface area contributed by atoms with Gasteiger partial charge in [0.1, 0.15) is 0 Å². The summed E-state index contributed by atoms with van der Waals surface area (Å²) in [6.45, 7) is 11.7. The molecular weight excluding hydrogens is 580 g/mol. The van der Waals surface area contributed by atoms with E-state index in [0.29, 0.717) is 32.1 Å². The van der Waals surface area contributed by atoms with Gasteiger partial charge >= 0.3 is 11.9 Å². The molecule has 4 rings (SSSR count). The molecule has 238 valence electrons. The number of hydrogen-bond donors (Lipinski definition) is 7. The highest BCUT2D eigenvalue weighted by Gasteiger charge is 2.38. The highest BCUT2D eigenvalue weighted by molar-refractivity contribution is 7.80. The van der Waals surface area contributed by atoms with E-state index < -0.39 is 11.9 Å². The maximum Gasteiger partial charge on any atom is 0.303 e. The molecule has 2 aromatic rings. The fraction of sp³-hybridized carbons (Fsp3) is 0.515. The lowest BCUT2D eigenvalue weighted by atomic mass is 9.91. The summed E-state index contributed by atoms with van der Waals surface area (Å²) in [7, 11) is 0. The average molecular weight is 625 g/mol. The summed E-state index contributed by atoms with van der Waals surface area (Å²) in [5.41, 5.74) is 9.72.